The van der Waals surface area contributed by atoms with Crippen LogP contribution in [0.3, 0.4) is 0 Å². The van der Waals surface area contributed by atoms with E-state index in [0.29, 0.717) is 29.2 Å². The second kappa shape index (κ2) is 10.5. The third kappa shape index (κ3) is 5.86. The van der Waals surface area contributed by atoms with Crippen LogP contribution in [0.4, 0.5) is 0 Å². The van der Waals surface area contributed by atoms with Crippen LogP contribution in [-0.2, 0) is 10.0 Å². The van der Waals surface area contributed by atoms with Crippen LogP contribution in [0.25, 0.3) is 0 Å². The number of ether oxygens (including phenoxy) is 3. The topological polar surface area (TPSA) is 103 Å². The van der Waals surface area contributed by atoms with Gasteiger partial charge in [0.25, 0.3) is 10.0 Å². The van der Waals surface area contributed by atoms with E-state index >= 15 is 0 Å². The Balaban J connectivity index is 1.73. The lowest BCUT2D eigenvalue weighted by molar-refractivity contribution is 0.0728. The number of hydrogen-bond donors (Lipinski definition) is 1. The van der Waals surface area contributed by atoms with Crippen molar-refractivity contribution in [2.24, 2.45) is 5.10 Å². The first kappa shape index (κ1) is 22.8. The molecule has 0 atom stereocenters. The second-order valence-electron chi connectivity index (χ2n) is 6.42. The van der Waals surface area contributed by atoms with Gasteiger partial charge in [0, 0.05) is 0 Å². The number of sulfonamides is 1. The Morgan fingerprint density at radius 1 is 1.00 bits per heavy atom. The van der Waals surface area contributed by atoms with Gasteiger partial charge in [-0.2, -0.15) is 13.5 Å². The molecule has 3 aromatic carbocycles. The van der Waals surface area contributed by atoms with Crippen molar-refractivity contribution in [1.29, 1.82) is 0 Å². The summed E-state index contributed by atoms with van der Waals surface area (Å²) in [6.45, 7) is 2.14. The molecule has 0 spiro atoms. The summed E-state index contributed by atoms with van der Waals surface area (Å²) in [4.78, 5) is 14.7. The van der Waals surface area contributed by atoms with Gasteiger partial charge in [0.1, 0.15) is 5.75 Å². The van der Waals surface area contributed by atoms with E-state index in [1.54, 1.807) is 74.7 Å². The first-order chi connectivity index (χ1) is 15.4. The highest BCUT2D eigenvalue weighted by molar-refractivity contribution is 7.89. The molecule has 0 saturated carbocycles. The van der Waals surface area contributed by atoms with Gasteiger partial charge >= 0.3 is 5.97 Å². The molecule has 0 aliphatic heterocycles. The van der Waals surface area contributed by atoms with Crippen molar-refractivity contribution >= 4 is 22.2 Å². The first-order valence-electron chi connectivity index (χ1n) is 9.66. The van der Waals surface area contributed by atoms with E-state index in [2.05, 4.69) is 9.93 Å². The molecule has 3 aromatic rings. The molecular formula is C23H22N2O6S. The molecule has 0 fully saturated rings. The predicted octanol–water partition coefficient (Wildman–Crippen LogP) is 3.63. The monoisotopic (exact) mass is 454 g/mol. The molecule has 1 N–H and O–H groups in total. The average Bonchev–Trinajstić information content (AvgIpc) is 2.81. The van der Waals surface area contributed by atoms with Crippen LogP contribution in [0.2, 0.25) is 0 Å². The number of benzene rings is 3. The standard InChI is InChI=1S/C23H22N2O6S/c1-3-30-22-15-17(16-24-25-32(27,28)20-7-5-4-6-8-20)9-14-21(22)31-23(26)18-10-12-19(29-2)13-11-18/h4-16,25H,3H2,1-2H3. The molecule has 0 amide bonds. The summed E-state index contributed by atoms with van der Waals surface area (Å²) in [5, 5.41) is 3.81. The number of nitrogens with zero attached hydrogens (tertiary/aromatic N) is 1. The maximum absolute atomic E-state index is 12.5. The van der Waals surface area contributed by atoms with E-state index < -0.39 is 16.0 Å². The quantitative estimate of drug-likeness (QED) is 0.229. The summed E-state index contributed by atoms with van der Waals surface area (Å²) in [6, 6.07) is 19.2. The lowest BCUT2D eigenvalue weighted by Crippen LogP contribution is -2.18. The summed E-state index contributed by atoms with van der Waals surface area (Å²) < 4.78 is 40.6. The van der Waals surface area contributed by atoms with Gasteiger partial charge in [-0.05, 0) is 67.1 Å². The minimum absolute atomic E-state index is 0.105. The zero-order valence-electron chi connectivity index (χ0n) is 17.5. The fourth-order valence-corrected chi connectivity index (χ4v) is 3.48. The van der Waals surface area contributed by atoms with E-state index in [1.165, 1.54) is 18.3 Å². The molecule has 0 unspecified atom stereocenters. The van der Waals surface area contributed by atoms with Crippen LogP contribution in [0, 0.1) is 0 Å². The smallest absolute Gasteiger partial charge is 0.343 e. The third-order valence-corrected chi connectivity index (χ3v) is 5.47. The average molecular weight is 455 g/mol. The van der Waals surface area contributed by atoms with E-state index in [0.717, 1.165) is 0 Å². The predicted molar refractivity (Wildman–Crippen MR) is 120 cm³/mol. The Kier molecular flexibility index (Phi) is 7.45. The SMILES string of the molecule is CCOc1cc(C=NNS(=O)(=O)c2ccccc2)ccc1OC(=O)c1ccc(OC)cc1. The molecule has 166 valence electrons. The van der Waals surface area contributed by atoms with Crippen molar-refractivity contribution in [3.8, 4) is 17.2 Å². The third-order valence-electron chi connectivity index (χ3n) is 4.24. The highest BCUT2D eigenvalue weighted by Crippen LogP contribution is 2.29. The number of hydrazone groups is 1. The molecule has 0 aliphatic rings. The molecule has 0 bridgehead atoms. The fourth-order valence-electron chi connectivity index (χ4n) is 2.67. The number of hydrogen-bond acceptors (Lipinski definition) is 7. The second-order valence-corrected chi connectivity index (χ2v) is 8.08. The Morgan fingerprint density at radius 3 is 2.38 bits per heavy atom. The van der Waals surface area contributed by atoms with E-state index in [9.17, 15) is 13.2 Å². The molecular weight excluding hydrogens is 432 g/mol. The minimum atomic E-state index is -3.77. The van der Waals surface area contributed by atoms with Gasteiger partial charge in [0.15, 0.2) is 11.5 Å². The number of methoxy groups -OCH3 is 1. The van der Waals surface area contributed by atoms with Crippen molar-refractivity contribution in [2.75, 3.05) is 13.7 Å². The van der Waals surface area contributed by atoms with Crippen LogP contribution in [0.1, 0.15) is 22.8 Å². The van der Waals surface area contributed by atoms with Crippen molar-refractivity contribution in [3.63, 3.8) is 0 Å². The zero-order chi connectivity index (χ0) is 23.0. The largest absolute Gasteiger partial charge is 0.497 e. The molecule has 0 aliphatic carbocycles. The maximum Gasteiger partial charge on any atom is 0.343 e. The lowest BCUT2D eigenvalue weighted by Gasteiger charge is -2.11. The van der Waals surface area contributed by atoms with Gasteiger partial charge in [-0.15, -0.1) is 0 Å². The van der Waals surface area contributed by atoms with Gasteiger partial charge in [0.05, 0.1) is 30.4 Å². The summed E-state index contributed by atoms with van der Waals surface area (Å²) in [5.41, 5.74) is 0.905. The fraction of sp³-hybridized carbons (Fsp3) is 0.130. The molecule has 3 rings (SSSR count). The Hall–Kier alpha value is -3.85. The number of nitrogens with one attached hydrogen (secondary N) is 1. The van der Waals surface area contributed by atoms with Gasteiger partial charge in [-0.3, -0.25) is 0 Å². The Morgan fingerprint density at radius 2 is 1.72 bits per heavy atom. The van der Waals surface area contributed by atoms with Crippen molar-refractivity contribution in [3.05, 3.63) is 83.9 Å². The number of carbonyl (C=O) groups is 1. The van der Waals surface area contributed by atoms with Crippen molar-refractivity contribution in [1.82, 2.24) is 4.83 Å². The molecule has 8 nitrogen and oxygen atoms in total. The lowest BCUT2D eigenvalue weighted by atomic mass is 10.2. The summed E-state index contributed by atoms with van der Waals surface area (Å²) in [5.74, 6) is 0.632. The Bertz CT molecular complexity index is 1190. The first-order valence-corrected chi connectivity index (χ1v) is 11.1. The normalized spacial score (nSPS) is 11.2. The zero-order valence-corrected chi connectivity index (χ0v) is 18.3. The van der Waals surface area contributed by atoms with Gasteiger partial charge in [0.2, 0.25) is 0 Å². The highest BCUT2D eigenvalue weighted by atomic mass is 32.2. The molecule has 0 aromatic heterocycles. The summed E-state index contributed by atoms with van der Waals surface area (Å²) >= 11 is 0. The molecule has 0 saturated heterocycles. The van der Waals surface area contributed by atoms with E-state index in [4.69, 9.17) is 14.2 Å². The number of rotatable bonds is 9. The summed E-state index contributed by atoms with van der Waals surface area (Å²) in [6.07, 6.45) is 1.33. The van der Waals surface area contributed by atoms with Crippen LogP contribution in [0.15, 0.2) is 82.8 Å². The Labute approximate surface area is 186 Å². The van der Waals surface area contributed by atoms with Gasteiger partial charge in [-0.25, -0.2) is 9.63 Å². The maximum atomic E-state index is 12.5. The molecule has 9 heteroatoms. The molecule has 32 heavy (non-hydrogen) atoms. The van der Waals surface area contributed by atoms with E-state index in [1.807, 2.05) is 0 Å². The van der Waals surface area contributed by atoms with Crippen LogP contribution < -0.4 is 19.0 Å². The van der Waals surface area contributed by atoms with Gasteiger partial charge in [-0.1, -0.05) is 18.2 Å². The van der Waals surface area contributed by atoms with Crippen LogP contribution in [-0.4, -0.2) is 34.3 Å². The van der Waals surface area contributed by atoms with Crippen LogP contribution in [0.5, 0.6) is 17.2 Å². The number of esters is 1. The molecule has 0 heterocycles. The molecule has 0 radical (unpaired) electrons. The highest BCUT2D eigenvalue weighted by Gasteiger charge is 2.14. The van der Waals surface area contributed by atoms with E-state index in [-0.39, 0.29) is 10.6 Å². The van der Waals surface area contributed by atoms with Crippen molar-refractivity contribution < 1.29 is 27.4 Å². The van der Waals surface area contributed by atoms with Crippen LogP contribution >= 0.6 is 0 Å². The van der Waals surface area contributed by atoms with Gasteiger partial charge < -0.3 is 14.2 Å². The number of carbonyl (C=O) groups excluding carboxylic acids is 1. The minimum Gasteiger partial charge on any atom is -0.497 e. The summed E-state index contributed by atoms with van der Waals surface area (Å²) in [7, 11) is -2.23. The van der Waals surface area contributed by atoms with Crippen molar-refractivity contribution in [2.45, 2.75) is 11.8 Å².